The summed E-state index contributed by atoms with van der Waals surface area (Å²) in [7, 11) is 4.44. The summed E-state index contributed by atoms with van der Waals surface area (Å²) in [6.07, 6.45) is 2.91. The van der Waals surface area contributed by atoms with Crippen LogP contribution in [0, 0.1) is 6.92 Å². The number of carbonyl (C=O) groups excluding carboxylic acids is 2. The van der Waals surface area contributed by atoms with Crippen molar-refractivity contribution < 1.29 is 28.5 Å². The zero-order valence-electron chi connectivity index (χ0n) is 21.8. The lowest BCUT2D eigenvalue weighted by Crippen LogP contribution is -2.19. The normalized spacial score (nSPS) is 10.7. The Labute approximate surface area is 225 Å². The third kappa shape index (κ3) is 6.37. The fourth-order valence-electron chi connectivity index (χ4n) is 3.61. The van der Waals surface area contributed by atoms with Gasteiger partial charge in [0.05, 0.1) is 44.4 Å². The largest absolute Gasteiger partial charge is 0.493 e. The van der Waals surface area contributed by atoms with E-state index in [1.165, 1.54) is 39.8 Å². The lowest BCUT2D eigenvalue weighted by Gasteiger charge is -2.11. The Morgan fingerprint density at radius 2 is 1.54 bits per heavy atom. The van der Waals surface area contributed by atoms with Gasteiger partial charge in [0.1, 0.15) is 0 Å². The summed E-state index contributed by atoms with van der Waals surface area (Å²) in [5, 5.41) is 4.02. The Hall–Kier alpha value is -5.25. The molecule has 0 aliphatic carbocycles. The zero-order chi connectivity index (χ0) is 27.8. The molecule has 4 rings (SSSR count). The minimum absolute atomic E-state index is 0.213. The van der Waals surface area contributed by atoms with Gasteiger partial charge in [-0.25, -0.2) is 20.2 Å². The molecule has 0 bridgehead atoms. The van der Waals surface area contributed by atoms with Crippen LogP contribution in [0.1, 0.15) is 32.0 Å². The minimum Gasteiger partial charge on any atom is -0.493 e. The molecule has 1 heterocycles. The Kier molecular flexibility index (Phi) is 8.47. The van der Waals surface area contributed by atoms with Crippen molar-refractivity contribution in [1.82, 2.24) is 15.4 Å². The van der Waals surface area contributed by atoms with E-state index in [1.54, 1.807) is 37.3 Å². The molecular formula is C29H26N4O6. The van der Waals surface area contributed by atoms with Crippen LogP contribution >= 0.6 is 0 Å². The molecule has 0 saturated heterocycles. The Morgan fingerprint density at radius 1 is 0.846 bits per heavy atom. The van der Waals surface area contributed by atoms with Gasteiger partial charge in [-0.2, -0.15) is 5.10 Å². The number of hydrogen-bond donors (Lipinski definition) is 1. The number of rotatable bonds is 9. The van der Waals surface area contributed by atoms with Crippen molar-refractivity contribution in [2.24, 2.45) is 5.10 Å². The molecule has 39 heavy (non-hydrogen) atoms. The maximum absolute atomic E-state index is 12.7. The number of benzene rings is 3. The molecule has 3 aromatic carbocycles. The number of esters is 1. The summed E-state index contributed by atoms with van der Waals surface area (Å²) in [6, 6.07) is 19.1. The van der Waals surface area contributed by atoms with Crippen molar-refractivity contribution in [2.45, 2.75) is 6.92 Å². The molecule has 0 saturated carbocycles. The van der Waals surface area contributed by atoms with E-state index in [-0.39, 0.29) is 11.3 Å². The molecule has 0 fully saturated rings. The number of carbonyl (C=O) groups is 2. The van der Waals surface area contributed by atoms with E-state index in [2.05, 4.69) is 20.5 Å². The SMILES string of the molecule is COc1ccc(C(=O)Oc2ccc(/C=N/NC(=O)c3cnc(-c4ccccc4)nc3C)cc2OC)cc1OC. The van der Waals surface area contributed by atoms with Gasteiger partial charge in [0.2, 0.25) is 0 Å². The predicted molar refractivity (Wildman–Crippen MR) is 145 cm³/mol. The molecule has 0 aliphatic heterocycles. The Bertz CT molecular complexity index is 1520. The highest BCUT2D eigenvalue weighted by Crippen LogP contribution is 2.31. The van der Waals surface area contributed by atoms with Crippen LogP contribution in [0.5, 0.6) is 23.0 Å². The van der Waals surface area contributed by atoms with Crippen molar-refractivity contribution in [1.29, 1.82) is 0 Å². The summed E-state index contributed by atoms with van der Waals surface area (Å²) in [6.45, 7) is 1.74. The van der Waals surface area contributed by atoms with Crippen LogP contribution in [0.2, 0.25) is 0 Å². The maximum atomic E-state index is 12.7. The van der Waals surface area contributed by atoms with Gasteiger partial charge >= 0.3 is 5.97 Å². The first-order valence-corrected chi connectivity index (χ1v) is 11.8. The molecule has 4 aromatic rings. The summed E-state index contributed by atoms with van der Waals surface area (Å²) < 4.78 is 21.3. The predicted octanol–water partition coefficient (Wildman–Crippen LogP) is 4.46. The first-order chi connectivity index (χ1) is 18.9. The van der Waals surface area contributed by atoms with Gasteiger partial charge < -0.3 is 18.9 Å². The number of aromatic nitrogens is 2. The molecule has 198 valence electrons. The topological polar surface area (TPSA) is 121 Å². The van der Waals surface area contributed by atoms with Crippen molar-refractivity contribution in [3.05, 3.63) is 95.3 Å². The molecule has 1 aromatic heterocycles. The van der Waals surface area contributed by atoms with E-state index in [0.717, 1.165) is 5.56 Å². The van der Waals surface area contributed by atoms with Gasteiger partial charge in [0.25, 0.3) is 5.91 Å². The first kappa shape index (κ1) is 26.8. The second-order valence-electron chi connectivity index (χ2n) is 8.13. The average molecular weight is 527 g/mol. The van der Waals surface area contributed by atoms with Crippen LogP contribution in [-0.2, 0) is 0 Å². The monoisotopic (exact) mass is 526 g/mol. The van der Waals surface area contributed by atoms with Crippen molar-refractivity contribution in [2.75, 3.05) is 21.3 Å². The maximum Gasteiger partial charge on any atom is 0.343 e. The van der Waals surface area contributed by atoms with Crippen LogP contribution in [-0.4, -0.2) is 49.4 Å². The van der Waals surface area contributed by atoms with E-state index in [9.17, 15) is 9.59 Å². The minimum atomic E-state index is -0.598. The average Bonchev–Trinajstić information content (AvgIpc) is 2.97. The van der Waals surface area contributed by atoms with Gasteiger partial charge in [-0.05, 0) is 48.9 Å². The Morgan fingerprint density at radius 3 is 2.23 bits per heavy atom. The van der Waals surface area contributed by atoms with E-state index in [1.807, 2.05) is 30.3 Å². The van der Waals surface area contributed by atoms with Crippen LogP contribution in [0.15, 0.2) is 78.0 Å². The number of hydrogen-bond acceptors (Lipinski definition) is 9. The molecule has 0 radical (unpaired) electrons. The highest BCUT2D eigenvalue weighted by atomic mass is 16.6. The molecule has 0 aliphatic rings. The van der Waals surface area contributed by atoms with Crippen LogP contribution in [0.3, 0.4) is 0 Å². The molecule has 10 nitrogen and oxygen atoms in total. The fraction of sp³-hybridized carbons (Fsp3) is 0.138. The zero-order valence-corrected chi connectivity index (χ0v) is 21.8. The van der Waals surface area contributed by atoms with Crippen LogP contribution in [0.4, 0.5) is 0 Å². The summed E-state index contributed by atoms with van der Waals surface area (Å²) >= 11 is 0. The van der Waals surface area contributed by atoms with Gasteiger partial charge in [0.15, 0.2) is 28.8 Å². The second-order valence-corrected chi connectivity index (χ2v) is 8.13. The third-order valence-electron chi connectivity index (χ3n) is 5.65. The first-order valence-electron chi connectivity index (χ1n) is 11.8. The molecule has 0 unspecified atom stereocenters. The molecule has 0 atom stereocenters. The number of aryl methyl sites for hydroxylation is 1. The van der Waals surface area contributed by atoms with E-state index >= 15 is 0 Å². The van der Waals surface area contributed by atoms with Gasteiger partial charge in [-0.15, -0.1) is 0 Å². The summed E-state index contributed by atoms with van der Waals surface area (Å²) in [5.41, 5.74) is 5.05. The lowest BCUT2D eigenvalue weighted by atomic mass is 10.2. The van der Waals surface area contributed by atoms with Crippen molar-refractivity contribution >= 4 is 18.1 Å². The summed E-state index contributed by atoms with van der Waals surface area (Å²) in [5.74, 6) is 0.905. The van der Waals surface area contributed by atoms with E-state index in [4.69, 9.17) is 18.9 Å². The molecule has 1 amide bonds. The van der Waals surface area contributed by atoms with Gasteiger partial charge in [-0.1, -0.05) is 30.3 Å². The third-order valence-corrected chi connectivity index (χ3v) is 5.65. The number of hydrazone groups is 1. The van der Waals surface area contributed by atoms with Gasteiger partial charge in [0, 0.05) is 11.8 Å². The van der Waals surface area contributed by atoms with Gasteiger partial charge in [-0.3, -0.25) is 4.79 Å². The molecular weight excluding hydrogens is 500 g/mol. The number of ether oxygens (including phenoxy) is 4. The quantitative estimate of drug-likeness (QED) is 0.147. The molecule has 10 heteroatoms. The summed E-state index contributed by atoms with van der Waals surface area (Å²) in [4.78, 5) is 34.0. The molecule has 0 spiro atoms. The second kappa shape index (κ2) is 12.3. The van der Waals surface area contributed by atoms with Crippen LogP contribution in [0.25, 0.3) is 11.4 Å². The van der Waals surface area contributed by atoms with E-state index < -0.39 is 11.9 Å². The molecule has 1 N–H and O–H groups in total. The number of nitrogens with one attached hydrogen (secondary N) is 1. The number of nitrogens with zero attached hydrogens (tertiary/aromatic N) is 3. The fourth-order valence-corrected chi connectivity index (χ4v) is 3.61. The lowest BCUT2D eigenvalue weighted by molar-refractivity contribution is 0.0729. The Balaban J connectivity index is 1.42. The standard InChI is InChI=1S/C29H26N4O6/c1-18-22(17-30-27(32-18)20-8-6-5-7-9-20)28(34)33-31-16-19-10-12-24(25(14-19)37-3)39-29(35)21-11-13-23(36-2)26(15-21)38-4/h5-17H,1-4H3,(H,33,34)/b31-16+. The number of methoxy groups -OCH3 is 3. The van der Waals surface area contributed by atoms with Crippen molar-refractivity contribution in [3.8, 4) is 34.4 Å². The number of amides is 1. The smallest absolute Gasteiger partial charge is 0.343 e. The van der Waals surface area contributed by atoms with E-state index in [0.29, 0.717) is 39.9 Å². The highest BCUT2D eigenvalue weighted by Gasteiger charge is 2.16. The van der Waals surface area contributed by atoms with Crippen molar-refractivity contribution in [3.63, 3.8) is 0 Å². The van der Waals surface area contributed by atoms with Crippen LogP contribution < -0.4 is 24.4 Å². The highest BCUT2D eigenvalue weighted by molar-refractivity contribution is 5.96.